The van der Waals surface area contributed by atoms with Gasteiger partial charge in [-0.15, -0.1) is 0 Å². The molecule has 4 saturated heterocycles. The SMILES string of the molecule is CCCCOC(=O)[C@@H]1O[C@@H](O[C@@H]2C3CO[C@H](O3)C(N=[N+]=[N-])C2OC(C)=O)[C@@H](OCCCC)C(OCCCC)[C@@H]1O[C@H]1O[C@@H](COC(C)=O)[C@@H](OCCCC)[C@H](OCCCC)C1N=[N+]=[N-]. The van der Waals surface area contributed by atoms with Gasteiger partial charge in [0.25, 0.3) is 0 Å². The van der Waals surface area contributed by atoms with Crippen LogP contribution in [0, 0.1) is 0 Å². The molecular weight excluding hydrogens is 844 g/mol. The van der Waals surface area contributed by atoms with Gasteiger partial charge in [0.15, 0.2) is 25.0 Å². The van der Waals surface area contributed by atoms with Gasteiger partial charge in [0.2, 0.25) is 0 Å². The number of hydrogen-bond donors (Lipinski definition) is 0. The van der Waals surface area contributed by atoms with Crippen molar-refractivity contribution >= 4 is 17.9 Å². The lowest BCUT2D eigenvalue weighted by atomic mass is 9.94. The van der Waals surface area contributed by atoms with Crippen molar-refractivity contribution in [3.8, 4) is 0 Å². The summed E-state index contributed by atoms with van der Waals surface area (Å²) in [6, 6.07) is -2.33. The van der Waals surface area contributed by atoms with Crippen molar-refractivity contribution in [1.29, 1.82) is 0 Å². The van der Waals surface area contributed by atoms with E-state index in [0.717, 1.165) is 32.1 Å². The zero-order valence-corrected chi connectivity index (χ0v) is 38.4. The number of hydrogen-bond acceptors (Lipinski definition) is 18. The van der Waals surface area contributed by atoms with Crippen LogP contribution >= 0.6 is 0 Å². The molecule has 0 spiro atoms. The third-order valence-electron chi connectivity index (χ3n) is 11.1. The van der Waals surface area contributed by atoms with E-state index in [1.165, 1.54) is 13.8 Å². The molecule has 2 bridgehead atoms. The molecule has 15 atom stereocenters. The standard InChI is InChI=1S/C42H70N6O16/c1-8-13-18-52-31-27(23-57-25(6)49)61-41(29(45-47-43)33(31)53-19-14-9-2)63-36-35(54-20-15-10-3)38(55-21-16-11-4)42(64-37(36)39(51)56-22-17-12-5)62-32-28-24-58-40(60-28)30(46-48-44)34(32)59-26(7)50/h27-38,40-42H,8-24H2,1-7H3/t27-,28?,29?,30?,31+,32+,33+,34?,35?,36-,37+,38-,40+,41+,42+/m0/s1. The Balaban J connectivity index is 1.85. The molecular formula is C42H70N6O16. The fourth-order valence-corrected chi connectivity index (χ4v) is 7.73. The lowest BCUT2D eigenvalue weighted by molar-refractivity contribution is -0.363. The predicted molar refractivity (Wildman–Crippen MR) is 224 cm³/mol. The summed E-state index contributed by atoms with van der Waals surface area (Å²) < 4.78 is 81.5. The van der Waals surface area contributed by atoms with E-state index >= 15 is 0 Å². The van der Waals surface area contributed by atoms with Crippen LogP contribution in [-0.2, 0) is 76.0 Å². The van der Waals surface area contributed by atoms with E-state index in [4.69, 9.17) is 61.6 Å². The summed E-state index contributed by atoms with van der Waals surface area (Å²) in [7, 11) is 0. The molecule has 0 amide bonds. The van der Waals surface area contributed by atoms with Crippen molar-refractivity contribution in [2.75, 3.05) is 46.2 Å². The van der Waals surface area contributed by atoms with E-state index < -0.39 is 110 Å². The van der Waals surface area contributed by atoms with Gasteiger partial charge in [0.1, 0.15) is 67.5 Å². The van der Waals surface area contributed by atoms with Gasteiger partial charge in [-0.25, -0.2) is 4.79 Å². The second kappa shape index (κ2) is 28.6. The fourth-order valence-electron chi connectivity index (χ4n) is 7.73. The molecule has 0 aromatic rings. The van der Waals surface area contributed by atoms with Crippen LogP contribution in [-0.4, -0.2) is 156 Å². The lowest BCUT2D eigenvalue weighted by Crippen LogP contribution is -2.67. The summed E-state index contributed by atoms with van der Waals surface area (Å²) in [5.74, 6) is -2.05. The minimum Gasteiger partial charge on any atom is -0.464 e. The first-order valence-electron chi connectivity index (χ1n) is 23.0. The first-order valence-corrected chi connectivity index (χ1v) is 23.0. The minimum absolute atomic E-state index is 0.00223. The molecule has 5 unspecified atom stereocenters. The zero-order chi connectivity index (χ0) is 46.4. The Labute approximate surface area is 375 Å². The summed E-state index contributed by atoms with van der Waals surface area (Å²) in [6.45, 7) is 13.2. The maximum absolute atomic E-state index is 14.4. The summed E-state index contributed by atoms with van der Waals surface area (Å²) in [6.07, 6.45) is -7.98. The number of ether oxygens (including phenoxy) is 13. The summed E-state index contributed by atoms with van der Waals surface area (Å²) in [5, 5.41) is 7.98. The average molecular weight is 915 g/mol. The van der Waals surface area contributed by atoms with E-state index in [1.54, 1.807) is 0 Å². The molecule has 4 rings (SSSR count). The Kier molecular flexibility index (Phi) is 23.8. The number of carbonyl (C=O) groups is 3. The van der Waals surface area contributed by atoms with Crippen molar-refractivity contribution in [2.45, 2.75) is 205 Å². The van der Waals surface area contributed by atoms with Gasteiger partial charge in [-0.3, -0.25) is 9.59 Å². The maximum Gasteiger partial charge on any atom is 0.338 e. The number of rotatable bonds is 29. The molecule has 0 N–H and O–H groups in total. The molecule has 0 saturated carbocycles. The van der Waals surface area contributed by atoms with Crippen LogP contribution in [0.5, 0.6) is 0 Å². The molecule has 4 aliphatic heterocycles. The van der Waals surface area contributed by atoms with Gasteiger partial charge in [0.05, 0.1) is 19.3 Å². The van der Waals surface area contributed by atoms with E-state index in [-0.39, 0.29) is 39.6 Å². The highest BCUT2D eigenvalue weighted by atomic mass is 16.8. The van der Waals surface area contributed by atoms with Crippen molar-refractivity contribution in [3.63, 3.8) is 0 Å². The van der Waals surface area contributed by atoms with Crippen LogP contribution in [0.1, 0.15) is 113 Å². The monoisotopic (exact) mass is 914 g/mol. The van der Waals surface area contributed by atoms with E-state index in [0.29, 0.717) is 38.7 Å². The number of unbranched alkanes of at least 4 members (excludes halogenated alkanes) is 5. The Morgan fingerprint density at radius 3 is 1.70 bits per heavy atom. The highest BCUT2D eigenvalue weighted by Gasteiger charge is 2.59. The van der Waals surface area contributed by atoms with Crippen LogP contribution in [0.15, 0.2) is 10.2 Å². The highest BCUT2D eigenvalue weighted by molar-refractivity contribution is 5.76. The summed E-state index contributed by atoms with van der Waals surface area (Å²) in [5.41, 5.74) is 19.5. The van der Waals surface area contributed by atoms with E-state index in [2.05, 4.69) is 20.1 Å². The molecule has 22 nitrogen and oxygen atoms in total. The van der Waals surface area contributed by atoms with Crippen molar-refractivity contribution in [2.24, 2.45) is 10.2 Å². The Morgan fingerprint density at radius 1 is 0.578 bits per heavy atom. The molecule has 0 aromatic heterocycles. The summed E-state index contributed by atoms with van der Waals surface area (Å²) >= 11 is 0. The van der Waals surface area contributed by atoms with E-state index in [9.17, 15) is 25.4 Å². The van der Waals surface area contributed by atoms with Crippen molar-refractivity contribution in [3.05, 3.63) is 20.9 Å². The number of nitrogens with zero attached hydrogens (tertiary/aromatic N) is 6. The topological polar surface area (TPSA) is 269 Å². The third kappa shape index (κ3) is 15.1. The minimum atomic E-state index is -1.59. The van der Waals surface area contributed by atoms with Gasteiger partial charge in [0, 0.05) is 50.1 Å². The van der Waals surface area contributed by atoms with Gasteiger partial charge in [-0.05, 0) is 43.2 Å². The van der Waals surface area contributed by atoms with Crippen LogP contribution in [0.3, 0.4) is 0 Å². The summed E-state index contributed by atoms with van der Waals surface area (Å²) in [4.78, 5) is 45.2. The van der Waals surface area contributed by atoms with Crippen LogP contribution in [0.25, 0.3) is 20.9 Å². The molecule has 0 aliphatic carbocycles. The van der Waals surface area contributed by atoms with Crippen molar-refractivity contribution < 1.29 is 76.0 Å². The zero-order valence-electron chi connectivity index (χ0n) is 38.4. The fraction of sp³-hybridized carbons (Fsp3) is 0.929. The molecule has 4 fully saturated rings. The molecule has 4 aliphatic rings. The molecule has 0 radical (unpaired) electrons. The number of carbonyl (C=O) groups excluding carboxylic acids is 3. The highest BCUT2D eigenvalue weighted by Crippen LogP contribution is 2.39. The smallest absolute Gasteiger partial charge is 0.338 e. The number of azide groups is 2. The Bertz CT molecular complexity index is 1520. The largest absolute Gasteiger partial charge is 0.464 e. The molecule has 0 aromatic carbocycles. The Hall–Kier alpha value is -3.37. The van der Waals surface area contributed by atoms with Gasteiger partial charge in [-0.2, -0.15) is 0 Å². The van der Waals surface area contributed by atoms with Gasteiger partial charge < -0.3 is 61.6 Å². The molecule has 4 heterocycles. The van der Waals surface area contributed by atoms with Gasteiger partial charge >= 0.3 is 17.9 Å². The molecule has 64 heavy (non-hydrogen) atoms. The van der Waals surface area contributed by atoms with Crippen LogP contribution in [0.2, 0.25) is 0 Å². The van der Waals surface area contributed by atoms with Crippen LogP contribution < -0.4 is 0 Å². The normalized spacial score (nSPS) is 33.4. The third-order valence-corrected chi connectivity index (χ3v) is 11.1. The number of esters is 3. The van der Waals surface area contributed by atoms with E-state index in [1.807, 2.05) is 34.6 Å². The lowest BCUT2D eigenvalue weighted by Gasteiger charge is -2.50. The molecule has 364 valence electrons. The first kappa shape index (κ1) is 53.2. The van der Waals surface area contributed by atoms with Gasteiger partial charge in [-0.1, -0.05) is 77.0 Å². The quantitative estimate of drug-likeness (QED) is 0.0211. The van der Waals surface area contributed by atoms with Crippen molar-refractivity contribution in [1.82, 2.24) is 0 Å². The first-order chi connectivity index (χ1) is 31.1. The molecule has 22 heteroatoms. The predicted octanol–water partition coefficient (Wildman–Crippen LogP) is 5.90. The average Bonchev–Trinajstić information content (AvgIpc) is 3.71. The number of fused-ring (bicyclic) bond motifs is 2. The Morgan fingerprint density at radius 2 is 1.12 bits per heavy atom. The van der Waals surface area contributed by atoms with Crippen LogP contribution in [0.4, 0.5) is 0 Å². The maximum atomic E-state index is 14.4. The second-order valence-corrected chi connectivity index (χ2v) is 16.1. The second-order valence-electron chi connectivity index (χ2n) is 16.1.